The summed E-state index contributed by atoms with van der Waals surface area (Å²) in [5, 5.41) is 4.07. The van der Waals surface area contributed by atoms with Crippen LogP contribution in [-0.2, 0) is 17.8 Å². The van der Waals surface area contributed by atoms with Crippen molar-refractivity contribution in [2.75, 3.05) is 19.6 Å². The van der Waals surface area contributed by atoms with Gasteiger partial charge in [0.1, 0.15) is 0 Å². The van der Waals surface area contributed by atoms with E-state index in [4.69, 9.17) is 11.6 Å². The lowest BCUT2D eigenvalue weighted by Crippen LogP contribution is -2.51. The summed E-state index contributed by atoms with van der Waals surface area (Å²) in [5.74, 6) is 0.923. The van der Waals surface area contributed by atoms with Gasteiger partial charge < -0.3 is 10.2 Å². The maximum Gasteiger partial charge on any atom is 0.226 e. The fourth-order valence-corrected chi connectivity index (χ4v) is 3.19. The number of carbonyl (C=O) groups excluding carboxylic acids is 1. The number of hydrogen-bond acceptors (Lipinski definition) is 2. The largest absolute Gasteiger partial charge is 0.338 e. The van der Waals surface area contributed by atoms with E-state index in [1.807, 2.05) is 17.0 Å². The van der Waals surface area contributed by atoms with E-state index in [0.717, 1.165) is 31.1 Å². The Morgan fingerprint density at radius 2 is 2.26 bits per heavy atom. The molecule has 2 heterocycles. The maximum absolute atomic E-state index is 12.5. The van der Waals surface area contributed by atoms with Gasteiger partial charge in [0, 0.05) is 24.0 Å². The third-order valence-corrected chi connectivity index (χ3v) is 4.78. The molecule has 1 amide bonds. The molecule has 1 atom stereocenters. The molecule has 102 valence electrons. The Labute approximate surface area is 118 Å². The van der Waals surface area contributed by atoms with Crippen molar-refractivity contribution in [3.8, 4) is 0 Å². The summed E-state index contributed by atoms with van der Waals surface area (Å²) in [4.78, 5) is 14.5. The molecule has 0 spiro atoms. The molecule has 1 N–H and O–H groups in total. The molecule has 1 aromatic rings. The molecule has 3 rings (SSSR count). The van der Waals surface area contributed by atoms with Gasteiger partial charge in [-0.15, -0.1) is 0 Å². The molecule has 1 aromatic carbocycles. The molecule has 1 unspecified atom stereocenters. The lowest BCUT2D eigenvalue weighted by atomic mass is 9.87. The molecule has 0 aliphatic carbocycles. The van der Waals surface area contributed by atoms with Crippen LogP contribution < -0.4 is 5.32 Å². The predicted molar refractivity (Wildman–Crippen MR) is 76.1 cm³/mol. The molecule has 3 nitrogen and oxygen atoms in total. The highest BCUT2D eigenvalue weighted by Gasteiger charge is 2.32. The zero-order valence-electron chi connectivity index (χ0n) is 11.2. The van der Waals surface area contributed by atoms with Crippen molar-refractivity contribution in [1.29, 1.82) is 0 Å². The van der Waals surface area contributed by atoms with Crippen LogP contribution in [0, 0.1) is 11.8 Å². The van der Waals surface area contributed by atoms with Crippen LogP contribution in [0.4, 0.5) is 0 Å². The molecule has 0 radical (unpaired) electrons. The van der Waals surface area contributed by atoms with E-state index in [-0.39, 0.29) is 11.8 Å². The highest BCUT2D eigenvalue weighted by atomic mass is 35.5. The van der Waals surface area contributed by atoms with E-state index in [1.54, 1.807) is 0 Å². The smallest absolute Gasteiger partial charge is 0.226 e. The number of hydrogen-bond donors (Lipinski definition) is 1. The maximum atomic E-state index is 12.5. The molecule has 19 heavy (non-hydrogen) atoms. The van der Waals surface area contributed by atoms with Crippen molar-refractivity contribution in [2.45, 2.75) is 19.9 Å². The first-order valence-electron chi connectivity index (χ1n) is 6.92. The second kappa shape index (κ2) is 5.14. The average molecular weight is 279 g/mol. The summed E-state index contributed by atoms with van der Waals surface area (Å²) in [6.45, 7) is 5.51. The summed E-state index contributed by atoms with van der Waals surface area (Å²) in [5.41, 5.74) is 2.41. The van der Waals surface area contributed by atoms with Crippen LogP contribution in [0.15, 0.2) is 18.2 Å². The van der Waals surface area contributed by atoms with E-state index >= 15 is 0 Å². The van der Waals surface area contributed by atoms with Crippen LogP contribution in [0.5, 0.6) is 0 Å². The molecular formula is C15H19ClN2O. The Kier molecular flexibility index (Phi) is 3.50. The summed E-state index contributed by atoms with van der Waals surface area (Å²) in [6, 6.07) is 5.98. The van der Waals surface area contributed by atoms with Crippen LogP contribution in [-0.4, -0.2) is 30.4 Å². The molecule has 1 saturated heterocycles. The summed E-state index contributed by atoms with van der Waals surface area (Å²) < 4.78 is 0. The quantitative estimate of drug-likeness (QED) is 0.898. The zero-order valence-corrected chi connectivity index (χ0v) is 11.9. The van der Waals surface area contributed by atoms with E-state index in [9.17, 15) is 4.79 Å². The van der Waals surface area contributed by atoms with Gasteiger partial charge in [0.2, 0.25) is 5.91 Å². The van der Waals surface area contributed by atoms with Crippen LogP contribution in [0.25, 0.3) is 0 Å². The minimum atomic E-state index is 0.127. The number of nitrogens with zero attached hydrogens (tertiary/aromatic N) is 1. The van der Waals surface area contributed by atoms with E-state index in [1.165, 1.54) is 11.1 Å². The highest BCUT2D eigenvalue weighted by molar-refractivity contribution is 6.31. The van der Waals surface area contributed by atoms with Crippen molar-refractivity contribution >= 4 is 17.5 Å². The molecule has 4 heteroatoms. The summed E-state index contributed by atoms with van der Waals surface area (Å²) >= 11 is 6.20. The Balaban J connectivity index is 1.72. The SMILES string of the molecule is CC(C(=O)N1CCc2c(Cl)cccc2C1)C1CNC1. The minimum Gasteiger partial charge on any atom is -0.338 e. The summed E-state index contributed by atoms with van der Waals surface area (Å²) in [7, 11) is 0. The first kappa shape index (κ1) is 12.9. The lowest BCUT2D eigenvalue weighted by Gasteiger charge is -2.37. The minimum absolute atomic E-state index is 0.127. The Bertz CT molecular complexity index is 499. The van der Waals surface area contributed by atoms with Crippen LogP contribution in [0.1, 0.15) is 18.1 Å². The fourth-order valence-electron chi connectivity index (χ4n) is 2.91. The Hall–Kier alpha value is -1.06. The lowest BCUT2D eigenvalue weighted by molar-refractivity contribution is -0.138. The van der Waals surface area contributed by atoms with Crippen molar-refractivity contribution in [2.24, 2.45) is 11.8 Å². The van der Waals surface area contributed by atoms with Crippen molar-refractivity contribution in [3.05, 3.63) is 34.3 Å². The van der Waals surface area contributed by atoms with Gasteiger partial charge in [-0.3, -0.25) is 4.79 Å². The monoisotopic (exact) mass is 278 g/mol. The molecule has 1 fully saturated rings. The third kappa shape index (κ3) is 2.37. The van der Waals surface area contributed by atoms with Crippen LogP contribution in [0.2, 0.25) is 5.02 Å². The van der Waals surface area contributed by atoms with Crippen molar-refractivity contribution in [3.63, 3.8) is 0 Å². The number of nitrogens with one attached hydrogen (secondary N) is 1. The van der Waals surface area contributed by atoms with E-state index in [0.29, 0.717) is 12.5 Å². The standard InChI is InChI=1S/C15H19ClN2O/c1-10(12-7-17-8-12)15(19)18-6-5-13-11(9-18)3-2-4-14(13)16/h2-4,10,12,17H,5-9H2,1H3. The normalized spacial score (nSPS) is 20.6. The van der Waals surface area contributed by atoms with Gasteiger partial charge in [-0.1, -0.05) is 30.7 Å². The molecule has 2 aliphatic heterocycles. The highest BCUT2D eigenvalue weighted by Crippen LogP contribution is 2.28. The number of amides is 1. The van der Waals surface area contributed by atoms with Crippen LogP contribution in [0.3, 0.4) is 0 Å². The first-order valence-corrected chi connectivity index (χ1v) is 7.30. The molecule has 0 saturated carbocycles. The number of halogens is 1. The molecular weight excluding hydrogens is 260 g/mol. The first-order chi connectivity index (χ1) is 9.16. The second-order valence-corrected chi connectivity index (χ2v) is 6.00. The van der Waals surface area contributed by atoms with E-state index < -0.39 is 0 Å². The number of carbonyl (C=O) groups is 1. The topological polar surface area (TPSA) is 32.3 Å². The van der Waals surface area contributed by atoms with Gasteiger partial charge >= 0.3 is 0 Å². The predicted octanol–water partition coefficient (Wildman–Crippen LogP) is 2.08. The van der Waals surface area contributed by atoms with Gasteiger partial charge in [0.25, 0.3) is 0 Å². The number of rotatable bonds is 2. The summed E-state index contributed by atoms with van der Waals surface area (Å²) in [6.07, 6.45) is 0.871. The zero-order chi connectivity index (χ0) is 13.4. The van der Waals surface area contributed by atoms with Gasteiger partial charge in [0.05, 0.1) is 0 Å². The second-order valence-electron chi connectivity index (χ2n) is 5.59. The van der Waals surface area contributed by atoms with Gasteiger partial charge in [-0.2, -0.15) is 0 Å². The Morgan fingerprint density at radius 3 is 2.95 bits per heavy atom. The van der Waals surface area contributed by atoms with Gasteiger partial charge in [-0.05, 0) is 42.6 Å². The number of fused-ring (bicyclic) bond motifs is 1. The fraction of sp³-hybridized carbons (Fsp3) is 0.533. The molecule has 0 bridgehead atoms. The van der Waals surface area contributed by atoms with Gasteiger partial charge in [0.15, 0.2) is 0 Å². The average Bonchev–Trinajstić information content (AvgIpc) is 2.35. The third-order valence-electron chi connectivity index (χ3n) is 4.43. The van der Waals surface area contributed by atoms with E-state index in [2.05, 4.69) is 18.3 Å². The number of benzene rings is 1. The molecule has 0 aromatic heterocycles. The van der Waals surface area contributed by atoms with Crippen molar-refractivity contribution < 1.29 is 4.79 Å². The Morgan fingerprint density at radius 1 is 1.47 bits per heavy atom. The van der Waals surface area contributed by atoms with Crippen LogP contribution >= 0.6 is 11.6 Å². The van der Waals surface area contributed by atoms with Gasteiger partial charge in [-0.25, -0.2) is 0 Å². The van der Waals surface area contributed by atoms with Crippen molar-refractivity contribution in [1.82, 2.24) is 10.2 Å². The molecule has 2 aliphatic rings.